The van der Waals surface area contributed by atoms with Crippen LogP contribution in [0.4, 0.5) is 0 Å². The maximum atomic E-state index is 11.5. The molecule has 1 aromatic rings. The number of hydrogen-bond donors (Lipinski definition) is 2. The van der Waals surface area contributed by atoms with Crippen molar-refractivity contribution in [2.24, 2.45) is 5.73 Å². The van der Waals surface area contributed by atoms with Crippen molar-refractivity contribution < 1.29 is 4.79 Å². The fourth-order valence-corrected chi connectivity index (χ4v) is 1.39. The summed E-state index contributed by atoms with van der Waals surface area (Å²) >= 11 is 0. The Hall–Kier alpha value is -1.35. The molecule has 1 rings (SSSR count). The van der Waals surface area contributed by atoms with Crippen LogP contribution in [0, 0.1) is 13.8 Å². The number of rotatable bonds is 3. The zero-order valence-electron chi connectivity index (χ0n) is 8.63. The SMILES string of the molecule is Cc1cc(C)cc(C(=O)NCCN)c1. The van der Waals surface area contributed by atoms with Crippen molar-refractivity contribution in [2.75, 3.05) is 13.1 Å². The Kier molecular flexibility index (Phi) is 3.65. The van der Waals surface area contributed by atoms with Crippen LogP contribution in [0.3, 0.4) is 0 Å². The topological polar surface area (TPSA) is 55.1 Å². The maximum absolute atomic E-state index is 11.5. The molecule has 0 aliphatic carbocycles. The maximum Gasteiger partial charge on any atom is 0.251 e. The Morgan fingerprint density at radius 3 is 2.36 bits per heavy atom. The lowest BCUT2D eigenvalue weighted by atomic mass is 10.1. The summed E-state index contributed by atoms with van der Waals surface area (Å²) in [5.74, 6) is -0.0535. The number of nitrogens with one attached hydrogen (secondary N) is 1. The average molecular weight is 192 g/mol. The molecular formula is C11H16N2O. The lowest BCUT2D eigenvalue weighted by Crippen LogP contribution is -2.29. The normalized spacial score (nSPS) is 9.93. The van der Waals surface area contributed by atoms with E-state index in [0.717, 1.165) is 11.1 Å². The predicted octanol–water partition coefficient (Wildman–Crippen LogP) is 0.992. The molecule has 3 N–H and O–H groups in total. The van der Waals surface area contributed by atoms with Crippen LogP contribution in [0.25, 0.3) is 0 Å². The van der Waals surface area contributed by atoms with Gasteiger partial charge in [0.15, 0.2) is 0 Å². The molecule has 0 bridgehead atoms. The van der Waals surface area contributed by atoms with E-state index in [9.17, 15) is 4.79 Å². The summed E-state index contributed by atoms with van der Waals surface area (Å²) in [5, 5.41) is 2.74. The molecule has 0 aliphatic heterocycles. The number of carbonyl (C=O) groups excluding carboxylic acids is 1. The monoisotopic (exact) mass is 192 g/mol. The molecular weight excluding hydrogens is 176 g/mol. The highest BCUT2D eigenvalue weighted by molar-refractivity contribution is 5.94. The van der Waals surface area contributed by atoms with Crippen molar-refractivity contribution in [1.82, 2.24) is 5.32 Å². The first-order valence-corrected chi connectivity index (χ1v) is 4.70. The number of amides is 1. The van der Waals surface area contributed by atoms with Gasteiger partial charge in [0.25, 0.3) is 5.91 Å². The van der Waals surface area contributed by atoms with Crippen molar-refractivity contribution in [3.8, 4) is 0 Å². The summed E-state index contributed by atoms with van der Waals surface area (Å²) in [7, 11) is 0. The largest absolute Gasteiger partial charge is 0.351 e. The number of carbonyl (C=O) groups is 1. The van der Waals surface area contributed by atoms with E-state index >= 15 is 0 Å². The Balaban J connectivity index is 2.79. The number of benzene rings is 1. The quantitative estimate of drug-likeness (QED) is 0.750. The van der Waals surface area contributed by atoms with Crippen LogP contribution >= 0.6 is 0 Å². The standard InChI is InChI=1S/C11H16N2O/c1-8-5-9(2)7-10(6-8)11(14)13-4-3-12/h5-7H,3-4,12H2,1-2H3,(H,13,14). The van der Waals surface area contributed by atoms with E-state index in [1.165, 1.54) is 0 Å². The molecule has 0 spiro atoms. The molecule has 14 heavy (non-hydrogen) atoms. The van der Waals surface area contributed by atoms with E-state index in [1.54, 1.807) is 0 Å². The van der Waals surface area contributed by atoms with Gasteiger partial charge in [-0.05, 0) is 26.0 Å². The molecule has 0 saturated heterocycles. The van der Waals surface area contributed by atoms with Gasteiger partial charge >= 0.3 is 0 Å². The van der Waals surface area contributed by atoms with E-state index in [2.05, 4.69) is 5.32 Å². The Morgan fingerprint density at radius 1 is 1.29 bits per heavy atom. The molecule has 3 nitrogen and oxygen atoms in total. The molecule has 0 atom stereocenters. The van der Waals surface area contributed by atoms with Gasteiger partial charge in [0.1, 0.15) is 0 Å². The van der Waals surface area contributed by atoms with Crippen LogP contribution in [0.1, 0.15) is 21.5 Å². The fraction of sp³-hybridized carbons (Fsp3) is 0.364. The van der Waals surface area contributed by atoms with E-state index in [0.29, 0.717) is 18.7 Å². The van der Waals surface area contributed by atoms with Crippen LogP contribution in [0.5, 0.6) is 0 Å². The van der Waals surface area contributed by atoms with Crippen molar-refractivity contribution in [3.05, 3.63) is 34.9 Å². The molecule has 1 aromatic carbocycles. The van der Waals surface area contributed by atoms with Gasteiger partial charge < -0.3 is 11.1 Å². The van der Waals surface area contributed by atoms with Gasteiger partial charge in [-0.1, -0.05) is 17.2 Å². The Bertz CT molecular complexity index is 314. The summed E-state index contributed by atoms with van der Waals surface area (Å²) in [6.45, 7) is 4.95. The lowest BCUT2D eigenvalue weighted by Gasteiger charge is -2.05. The van der Waals surface area contributed by atoms with Gasteiger partial charge in [0.05, 0.1) is 0 Å². The average Bonchev–Trinajstić information content (AvgIpc) is 2.12. The molecule has 0 radical (unpaired) electrons. The molecule has 0 aliphatic rings. The highest BCUT2D eigenvalue weighted by atomic mass is 16.1. The first-order valence-electron chi connectivity index (χ1n) is 4.70. The zero-order chi connectivity index (χ0) is 10.6. The Morgan fingerprint density at radius 2 is 1.86 bits per heavy atom. The minimum absolute atomic E-state index is 0.0535. The third kappa shape index (κ3) is 2.85. The van der Waals surface area contributed by atoms with E-state index < -0.39 is 0 Å². The van der Waals surface area contributed by atoms with Gasteiger partial charge in [-0.15, -0.1) is 0 Å². The summed E-state index contributed by atoms with van der Waals surface area (Å²) in [6, 6.07) is 5.79. The van der Waals surface area contributed by atoms with Crippen LogP contribution in [0.2, 0.25) is 0 Å². The van der Waals surface area contributed by atoms with Crippen molar-refractivity contribution in [3.63, 3.8) is 0 Å². The second-order valence-electron chi connectivity index (χ2n) is 3.42. The summed E-state index contributed by atoms with van der Waals surface area (Å²) in [6.07, 6.45) is 0. The number of hydrogen-bond acceptors (Lipinski definition) is 2. The highest BCUT2D eigenvalue weighted by Crippen LogP contribution is 2.08. The number of nitrogens with two attached hydrogens (primary N) is 1. The van der Waals surface area contributed by atoms with Crippen molar-refractivity contribution in [1.29, 1.82) is 0 Å². The lowest BCUT2D eigenvalue weighted by molar-refractivity contribution is 0.0954. The van der Waals surface area contributed by atoms with Crippen molar-refractivity contribution in [2.45, 2.75) is 13.8 Å². The molecule has 0 aromatic heterocycles. The van der Waals surface area contributed by atoms with Crippen molar-refractivity contribution >= 4 is 5.91 Å². The smallest absolute Gasteiger partial charge is 0.251 e. The summed E-state index contributed by atoms with van der Waals surface area (Å²) < 4.78 is 0. The molecule has 3 heteroatoms. The summed E-state index contributed by atoms with van der Waals surface area (Å²) in [5.41, 5.74) is 8.20. The van der Waals surface area contributed by atoms with Crippen LogP contribution < -0.4 is 11.1 Å². The first-order chi connectivity index (χ1) is 6.63. The van der Waals surface area contributed by atoms with Gasteiger partial charge in [-0.25, -0.2) is 0 Å². The molecule has 0 heterocycles. The van der Waals surface area contributed by atoms with Crippen LogP contribution in [-0.4, -0.2) is 19.0 Å². The van der Waals surface area contributed by atoms with Gasteiger partial charge in [-0.3, -0.25) is 4.79 Å². The van der Waals surface area contributed by atoms with Gasteiger partial charge in [-0.2, -0.15) is 0 Å². The molecule has 0 unspecified atom stereocenters. The molecule has 76 valence electrons. The van der Waals surface area contributed by atoms with E-state index in [-0.39, 0.29) is 5.91 Å². The molecule has 0 saturated carbocycles. The van der Waals surface area contributed by atoms with E-state index in [4.69, 9.17) is 5.73 Å². The van der Waals surface area contributed by atoms with E-state index in [1.807, 2.05) is 32.0 Å². The second-order valence-corrected chi connectivity index (χ2v) is 3.42. The zero-order valence-corrected chi connectivity index (χ0v) is 8.63. The minimum Gasteiger partial charge on any atom is -0.351 e. The minimum atomic E-state index is -0.0535. The molecule has 1 amide bonds. The summed E-state index contributed by atoms with van der Waals surface area (Å²) in [4.78, 5) is 11.5. The second kappa shape index (κ2) is 4.77. The van der Waals surface area contributed by atoms with Crippen LogP contribution in [-0.2, 0) is 0 Å². The van der Waals surface area contributed by atoms with Crippen LogP contribution in [0.15, 0.2) is 18.2 Å². The highest BCUT2D eigenvalue weighted by Gasteiger charge is 2.04. The predicted molar refractivity (Wildman–Crippen MR) is 57.3 cm³/mol. The number of aryl methyl sites for hydroxylation is 2. The van der Waals surface area contributed by atoms with Gasteiger partial charge in [0.2, 0.25) is 0 Å². The Labute approximate surface area is 84.3 Å². The third-order valence-electron chi connectivity index (χ3n) is 1.91. The third-order valence-corrected chi connectivity index (χ3v) is 1.91. The fourth-order valence-electron chi connectivity index (χ4n) is 1.39. The molecule has 0 fully saturated rings. The van der Waals surface area contributed by atoms with Gasteiger partial charge in [0, 0.05) is 18.7 Å². The first kappa shape index (κ1) is 10.7.